The summed E-state index contributed by atoms with van der Waals surface area (Å²) in [7, 11) is 1.86. The van der Waals surface area contributed by atoms with E-state index in [1.807, 2.05) is 23.4 Å². The van der Waals surface area contributed by atoms with Crippen molar-refractivity contribution in [1.82, 2.24) is 0 Å². The van der Waals surface area contributed by atoms with Crippen molar-refractivity contribution in [2.24, 2.45) is 0 Å². The van der Waals surface area contributed by atoms with Crippen LogP contribution in [0.25, 0.3) is 0 Å². The SMILES string of the molecule is CN(Cc1cc(Br)cs1)c1cc(N)ccc1C(=O)O. The molecule has 1 aromatic carbocycles. The lowest BCUT2D eigenvalue weighted by atomic mass is 10.1. The second-order valence-electron chi connectivity index (χ2n) is 4.17. The number of nitrogen functional groups attached to an aromatic ring is 1. The number of rotatable bonds is 4. The monoisotopic (exact) mass is 340 g/mol. The fourth-order valence-corrected chi connectivity index (χ4v) is 3.30. The fourth-order valence-electron chi connectivity index (χ4n) is 1.80. The predicted octanol–water partition coefficient (Wildman–Crippen LogP) is 3.43. The van der Waals surface area contributed by atoms with Crippen molar-refractivity contribution in [1.29, 1.82) is 0 Å². The molecule has 0 saturated carbocycles. The highest BCUT2D eigenvalue weighted by Gasteiger charge is 2.14. The van der Waals surface area contributed by atoms with E-state index in [0.29, 0.717) is 17.9 Å². The Balaban J connectivity index is 2.29. The van der Waals surface area contributed by atoms with E-state index in [4.69, 9.17) is 5.73 Å². The van der Waals surface area contributed by atoms with Crippen LogP contribution in [0.15, 0.2) is 34.1 Å². The molecule has 1 aromatic heterocycles. The normalized spacial score (nSPS) is 10.4. The van der Waals surface area contributed by atoms with Gasteiger partial charge in [-0.05, 0) is 40.2 Å². The predicted molar refractivity (Wildman–Crippen MR) is 81.9 cm³/mol. The van der Waals surface area contributed by atoms with E-state index < -0.39 is 5.97 Å². The van der Waals surface area contributed by atoms with Crippen molar-refractivity contribution in [3.8, 4) is 0 Å². The number of nitrogens with two attached hydrogens (primary N) is 1. The molecular formula is C13H13BrN2O2S. The Morgan fingerprint density at radius 2 is 2.21 bits per heavy atom. The Morgan fingerprint density at radius 3 is 2.79 bits per heavy atom. The van der Waals surface area contributed by atoms with Crippen molar-refractivity contribution in [3.63, 3.8) is 0 Å². The van der Waals surface area contributed by atoms with Gasteiger partial charge < -0.3 is 15.7 Å². The molecule has 100 valence electrons. The van der Waals surface area contributed by atoms with E-state index in [2.05, 4.69) is 15.9 Å². The maximum atomic E-state index is 11.2. The highest BCUT2D eigenvalue weighted by Crippen LogP contribution is 2.27. The summed E-state index contributed by atoms with van der Waals surface area (Å²) in [5.74, 6) is -0.950. The molecule has 0 aliphatic carbocycles. The zero-order valence-electron chi connectivity index (χ0n) is 10.3. The summed E-state index contributed by atoms with van der Waals surface area (Å²) in [4.78, 5) is 14.3. The molecule has 0 fully saturated rings. The minimum atomic E-state index is -0.950. The zero-order chi connectivity index (χ0) is 14.0. The Bertz CT molecular complexity index is 612. The van der Waals surface area contributed by atoms with E-state index in [1.54, 1.807) is 23.5 Å². The van der Waals surface area contributed by atoms with E-state index in [1.165, 1.54) is 6.07 Å². The van der Waals surface area contributed by atoms with Gasteiger partial charge in [-0.15, -0.1) is 11.3 Å². The van der Waals surface area contributed by atoms with Crippen LogP contribution in [0.2, 0.25) is 0 Å². The van der Waals surface area contributed by atoms with Gasteiger partial charge in [-0.25, -0.2) is 4.79 Å². The number of hydrogen-bond donors (Lipinski definition) is 2. The molecule has 0 unspecified atom stereocenters. The van der Waals surface area contributed by atoms with Crippen LogP contribution in [0, 0.1) is 0 Å². The number of carbonyl (C=O) groups is 1. The molecule has 0 aliphatic heterocycles. The first kappa shape index (κ1) is 13.9. The molecule has 0 saturated heterocycles. The molecular weight excluding hydrogens is 328 g/mol. The Hall–Kier alpha value is -1.53. The third-order valence-electron chi connectivity index (χ3n) is 2.68. The summed E-state index contributed by atoms with van der Waals surface area (Å²) in [6, 6.07) is 6.84. The average Bonchev–Trinajstić information content (AvgIpc) is 2.74. The molecule has 19 heavy (non-hydrogen) atoms. The second kappa shape index (κ2) is 5.63. The van der Waals surface area contributed by atoms with Crippen LogP contribution < -0.4 is 10.6 Å². The molecule has 0 radical (unpaired) electrons. The van der Waals surface area contributed by atoms with Gasteiger partial charge in [0.15, 0.2) is 0 Å². The first-order chi connectivity index (χ1) is 8.97. The number of nitrogens with zero attached hydrogens (tertiary/aromatic N) is 1. The standard InChI is InChI=1S/C13H13BrN2O2S/c1-16(6-10-4-8(14)7-19-10)12-5-9(15)2-3-11(12)13(17)18/h2-5,7H,6,15H2,1H3,(H,17,18). The number of aromatic carboxylic acids is 1. The minimum absolute atomic E-state index is 0.257. The molecule has 0 atom stereocenters. The Labute approximate surface area is 123 Å². The maximum absolute atomic E-state index is 11.2. The van der Waals surface area contributed by atoms with Crippen molar-refractivity contribution >= 4 is 44.6 Å². The van der Waals surface area contributed by atoms with Crippen LogP contribution in [0.3, 0.4) is 0 Å². The second-order valence-corrected chi connectivity index (χ2v) is 6.08. The molecule has 0 bridgehead atoms. The zero-order valence-corrected chi connectivity index (χ0v) is 12.7. The minimum Gasteiger partial charge on any atom is -0.478 e. The quantitative estimate of drug-likeness (QED) is 0.836. The number of anilines is 2. The van der Waals surface area contributed by atoms with E-state index >= 15 is 0 Å². The number of carboxylic acid groups (broad SMARTS) is 1. The van der Waals surface area contributed by atoms with Gasteiger partial charge in [-0.3, -0.25) is 0 Å². The number of halogens is 1. The summed E-state index contributed by atoms with van der Waals surface area (Å²) >= 11 is 5.03. The largest absolute Gasteiger partial charge is 0.478 e. The topological polar surface area (TPSA) is 66.6 Å². The van der Waals surface area contributed by atoms with Crippen molar-refractivity contribution in [2.45, 2.75) is 6.54 Å². The van der Waals surface area contributed by atoms with Crippen molar-refractivity contribution < 1.29 is 9.90 Å². The third-order valence-corrected chi connectivity index (χ3v) is 4.36. The van der Waals surface area contributed by atoms with Crippen molar-refractivity contribution in [2.75, 3.05) is 17.7 Å². The number of thiophene rings is 1. The first-order valence-corrected chi connectivity index (χ1v) is 7.21. The molecule has 0 spiro atoms. The molecule has 3 N–H and O–H groups in total. The Morgan fingerprint density at radius 1 is 1.47 bits per heavy atom. The van der Waals surface area contributed by atoms with Gasteiger partial charge in [0.25, 0.3) is 0 Å². The van der Waals surface area contributed by atoms with Gasteiger partial charge in [-0.1, -0.05) is 0 Å². The van der Waals surface area contributed by atoms with E-state index in [-0.39, 0.29) is 5.56 Å². The lowest BCUT2D eigenvalue weighted by Crippen LogP contribution is -2.19. The van der Waals surface area contributed by atoms with Crippen molar-refractivity contribution in [3.05, 3.63) is 44.6 Å². The molecule has 4 nitrogen and oxygen atoms in total. The summed E-state index contributed by atoms with van der Waals surface area (Å²) in [6.07, 6.45) is 0. The van der Waals surface area contributed by atoms with Gasteiger partial charge in [0, 0.05) is 27.5 Å². The van der Waals surface area contributed by atoms with Gasteiger partial charge in [0.2, 0.25) is 0 Å². The van der Waals surface area contributed by atoms with E-state index in [9.17, 15) is 9.90 Å². The number of carboxylic acids is 1. The van der Waals surface area contributed by atoms with Gasteiger partial charge in [0.05, 0.1) is 17.8 Å². The molecule has 2 rings (SSSR count). The van der Waals surface area contributed by atoms with Crippen LogP contribution in [0.4, 0.5) is 11.4 Å². The Kier molecular flexibility index (Phi) is 4.11. The maximum Gasteiger partial charge on any atom is 0.337 e. The van der Waals surface area contributed by atoms with E-state index in [0.717, 1.165) is 9.35 Å². The molecule has 2 aromatic rings. The molecule has 6 heteroatoms. The first-order valence-electron chi connectivity index (χ1n) is 5.54. The van der Waals surface area contributed by atoms with Gasteiger partial charge in [0.1, 0.15) is 0 Å². The van der Waals surface area contributed by atoms with Gasteiger partial charge >= 0.3 is 5.97 Å². The lowest BCUT2D eigenvalue weighted by molar-refractivity contribution is 0.0697. The van der Waals surface area contributed by atoms with Crippen LogP contribution >= 0.6 is 27.3 Å². The van der Waals surface area contributed by atoms with Gasteiger partial charge in [-0.2, -0.15) is 0 Å². The lowest BCUT2D eigenvalue weighted by Gasteiger charge is -2.21. The molecule has 0 aliphatic rings. The van der Waals surface area contributed by atoms with Crippen LogP contribution in [-0.2, 0) is 6.54 Å². The summed E-state index contributed by atoms with van der Waals surface area (Å²) in [5.41, 5.74) is 7.17. The third kappa shape index (κ3) is 3.27. The number of benzene rings is 1. The van der Waals surface area contributed by atoms with Crippen LogP contribution in [0.1, 0.15) is 15.2 Å². The fraction of sp³-hybridized carbons (Fsp3) is 0.154. The highest BCUT2D eigenvalue weighted by molar-refractivity contribution is 9.10. The summed E-state index contributed by atoms with van der Waals surface area (Å²) in [5, 5.41) is 11.2. The summed E-state index contributed by atoms with van der Waals surface area (Å²) in [6.45, 7) is 0.639. The molecule has 1 heterocycles. The number of hydrogen-bond acceptors (Lipinski definition) is 4. The smallest absolute Gasteiger partial charge is 0.337 e. The van der Waals surface area contributed by atoms with Crippen LogP contribution in [0.5, 0.6) is 0 Å². The van der Waals surface area contributed by atoms with Crippen LogP contribution in [-0.4, -0.2) is 18.1 Å². The summed E-state index contributed by atoms with van der Waals surface area (Å²) < 4.78 is 1.03. The highest BCUT2D eigenvalue weighted by atomic mass is 79.9. The average molecular weight is 341 g/mol. The molecule has 0 amide bonds.